The first-order valence-corrected chi connectivity index (χ1v) is 6.13. The summed E-state index contributed by atoms with van der Waals surface area (Å²) in [5.74, 6) is 2.14. The number of anilines is 1. The van der Waals surface area contributed by atoms with Crippen molar-refractivity contribution < 1.29 is 0 Å². The van der Waals surface area contributed by atoms with Gasteiger partial charge < -0.3 is 10.3 Å². The van der Waals surface area contributed by atoms with Gasteiger partial charge in [0.15, 0.2) is 11.5 Å². The monoisotopic (exact) mass is 257 g/mol. The average Bonchev–Trinajstić information content (AvgIpc) is 2.97. The van der Waals surface area contributed by atoms with Gasteiger partial charge in [0, 0.05) is 25.9 Å². The van der Waals surface area contributed by atoms with Crippen LogP contribution in [0.1, 0.15) is 18.6 Å². The molecule has 0 bridgehead atoms. The zero-order valence-electron chi connectivity index (χ0n) is 10.9. The number of rotatable bonds is 3. The molecule has 98 valence electrons. The minimum Gasteiger partial charge on any atom is -0.383 e. The maximum atomic E-state index is 5.94. The minimum absolute atomic E-state index is 0.464. The van der Waals surface area contributed by atoms with Gasteiger partial charge in [0.2, 0.25) is 0 Å². The maximum absolute atomic E-state index is 5.94. The van der Waals surface area contributed by atoms with E-state index in [1.165, 1.54) is 0 Å². The Bertz CT molecular complexity index is 725. The highest BCUT2D eigenvalue weighted by Crippen LogP contribution is 2.17. The molecule has 0 aromatic carbocycles. The zero-order chi connectivity index (χ0) is 13.4. The van der Waals surface area contributed by atoms with Crippen molar-refractivity contribution in [1.29, 1.82) is 0 Å². The Kier molecular flexibility index (Phi) is 2.66. The summed E-state index contributed by atoms with van der Waals surface area (Å²) in [7, 11) is 1.84. The molecule has 3 aromatic heterocycles. The summed E-state index contributed by atoms with van der Waals surface area (Å²) in [6, 6.07) is 0. The molecule has 3 rings (SSSR count). The molecular weight excluding hydrogens is 242 g/mol. The van der Waals surface area contributed by atoms with Crippen LogP contribution in [0.4, 0.5) is 5.82 Å². The molecule has 0 aliphatic carbocycles. The van der Waals surface area contributed by atoms with Crippen molar-refractivity contribution in [2.24, 2.45) is 7.05 Å². The van der Waals surface area contributed by atoms with Gasteiger partial charge in [-0.3, -0.25) is 4.68 Å². The summed E-state index contributed by atoms with van der Waals surface area (Å²) in [5.41, 5.74) is 6.69. The molecule has 0 atom stereocenters. The zero-order valence-corrected chi connectivity index (χ0v) is 10.9. The number of hydrogen-bond donors (Lipinski definition) is 1. The van der Waals surface area contributed by atoms with E-state index >= 15 is 0 Å². The number of nitrogens with two attached hydrogens (primary N) is 1. The quantitative estimate of drug-likeness (QED) is 0.748. The molecule has 3 heterocycles. The van der Waals surface area contributed by atoms with Gasteiger partial charge in [0.1, 0.15) is 11.6 Å². The van der Waals surface area contributed by atoms with Crippen LogP contribution in [0.25, 0.3) is 11.0 Å². The van der Waals surface area contributed by atoms with E-state index in [2.05, 4.69) is 27.0 Å². The number of nitrogens with zero attached hydrogens (tertiary/aromatic N) is 6. The largest absolute Gasteiger partial charge is 0.383 e. The van der Waals surface area contributed by atoms with Crippen molar-refractivity contribution >= 4 is 16.9 Å². The van der Waals surface area contributed by atoms with Crippen LogP contribution in [-0.4, -0.2) is 29.3 Å². The van der Waals surface area contributed by atoms with E-state index < -0.39 is 0 Å². The Balaban J connectivity index is 2.03. The molecule has 19 heavy (non-hydrogen) atoms. The van der Waals surface area contributed by atoms with Gasteiger partial charge in [0.05, 0.1) is 18.1 Å². The van der Waals surface area contributed by atoms with Gasteiger partial charge in [-0.2, -0.15) is 5.10 Å². The van der Waals surface area contributed by atoms with Gasteiger partial charge in [0.25, 0.3) is 0 Å². The molecule has 0 saturated heterocycles. The van der Waals surface area contributed by atoms with Gasteiger partial charge >= 0.3 is 0 Å². The lowest BCUT2D eigenvalue weighted by Gasteiger charge is -2.06. The molecule has 0 radical (unpaired) electrons. The van der Waals surface area contributed by atoms with Crippen LogP contribution in [0.3, 0.4) is 0 Å². The van der Waals surface area contributed by atoms with Gasteiger partial charge in [-0.25, -0.2) is 15.0 Å². The highest BCUT2D eigenvalue weighted by molar-refractivity contribution is 5.84. The second kappa shape index (κ2) is 4.34. The molecule has 0 spiro atoms. The molecule has 0 aliphatic rings. The maximum Gasteiger partial charge on any atom is 0.163 e. The van der Waals surface area contributed by atoms with E-state index in [4.69, 9.17) is 5.73 Å². The summed E-state index contributed by atoms with van der Waals surface area (Å²) >= 11 is 0. The standard InChI is InChI=1S/C12H15N7/c1-3-10-14-4-5-19(10)7-9-16-11(13)8-6-15-18(2)12(8)17-9/h4-6H,3,7H2,1-2H3,(H2,13,16,17). The molecule has 3 aromatic rings. The predicted octanol–water partition coefficient (Wildman–Crippen LogP) is 0.753. The second-order valence-electron chi connectivity index (χ2n) is 4.36. The van der Waals surface area contributed by atoms with Gasteiger partial charge in [-0.05, 0) is 0 Å². The first-order chi connectivity index (χ1) is 9.19. The first-order valence-electron chi connectivity index (χ1n) is 6.13. The Labute approximate surface area is 110 Å². The van der Waals surface area contributed by atoms with Crippen LogP contribution in [0, 0.1) is 0 Å². The summed E-state index contributed by atoms with van der Waals surface area (Å²) in [6.07, 6.45) is 6.26. The molecular formula is C12H15N7. The lowest BCUT2D eigenvalue weighted by Crippen LogP contribution is -2.09. The van der Waals surface area contributed by atoms with E-state index in [1.807, 2.05) is 17.8 Å². The normalized spacial score (nSPS) is 11.3. The van der Waals surface area contributed by atoms with Crippen LogP contribution < -0.4 is 5.73 Å². The second-order valence-corrected chi connectivity index (χ2v) is 4.36. The molecule has 0 amide bonds. The SMILES string of the molecule is CCc1nccn1Cc1nc(N)c2cnn(C)c2n1. The van der Waals surface area contributed by atoms with E-state index in [1.54, 1.807) is 17.1 Å². The smallest absolute Gasteiger partial charge is 0.163 e. The van der Waals surface area contributed by atoms with Crippen LogP contribution in [0.15, 0.2) is 18.6 Å². The third kappa shape index (κ3) is 1.92. The molecule has 7 heteroatoms. The molecule has 0 fully saturated rings. The first kappa shape index (κ1) is 11.6. The number of hydrogen-bond acceptors (Lipinski definition) is 5. The van der Waals surface area contributed by atoms with E-state index in [0.717, 1.165) is 23.3 Å². The van der Waals surface area contributed by atoms with Crippen molar-refractivity contribution in [2.75, 3.05) is 5.73 Å². The lowest BCUT2D eigenvalue weighted by molar-refractivity contribution is 0.695. The number of aromatic nitrogens is 6. The number of aryl methyl sites for hydroxylation is 2. The van der Waals surface area contributed by atoms with Crippen LogP contribution >= 0.6 is 0 Å². The summed E-state index contributed by atoms with van der Waals surface area (Å²) < 4.78 is 3.72. The fraction of sp³-hybridized carbons (Fsp3) is 0.333. The fourth-order valence-electron chi connectivity index (χ4n) is 2.11. The van der Waals surface area contributed by atoms with E-state index in [0.29, 0.717) is 18.2 Å². The Hall–Kier alpha value is -2.44. The third-order valence-electron chi connectivity index (χ3n) is 3.10. The van der Waals surface area contributed by atoms with Crippen LogP contribution in [0.2, 0.25) is 0 Å². The Morgan fingerprint density at radius 2 is 2.16 bits per heavy atom. The van der Waals surface area contributed by atoms with Crippen molar-refractivity contribution in [1.82, 2.24) is 29.3 Å². The molecule has 0 saturated carbocycles. The minimum atomic E-state index is 0.464. The molecule has 0 unspecified atom stereocenters. The van der Waals surface area contributed by atoms with E-state index in [9.17, 15) is 0 Å². The highest BCUT2D eigenvalue weighted by atomic mass is 15.3. The lowest BCUT2D eigenvalue weighted by atomic mass is 10.4. The molecule has 0 aliphatic heterocycles. The van der Waals surface area contributed by atoms with Gasteiger partial charge in [-0.1, -0.05) is 6.92 Å². The Morgan fingerprint density at radius 3 is 2.95 bits per heavy atom. The average molecular weight is 257 g/mol. The number of fused-ring (bicyclic) bond motifs is 1. The molecule has 2 N–H and O–H groups in total. The fourth-order valence-corrected chi connectivity index (χ4v) is 2.11. The summed E-state index contributed by atoms with van der Waals surface area (Å²) in [6.45, 7) is 2.63. The van der Waals surface area contributed by atoms with Crippen molar-refractivity contribution in [3.05, 3.63) is 30.2 Å². The van der Waals surface area contributed by atoms with Crippen molar-refractivity contribution in [3.8, 4) is 0 Å². The summed E-state index contributed by atoms with van der Waals surface area (Å²) in [4.78, 5) is 13.1. The van der Waals surface area contributed by atoms with E-state index in [-0.39, 0.29) is 0 Å². The Morgan fingerprint density at radius 1 is 1.32 bits per heavy atom. The topological polar surface area (TPSA) is 87.4 Å². The summed E-state index contributed by atoms with van der Waals surface area (Å²) in [5, 5.41) is 4.93. The highest BCUT2D eigenvalue weighted by Gasteiger charge is 2.10. The van der Waals surface area contributed by atoms with Crippen molar-refractivity contribution in [3.63, 3.8) is 0 Å². The third-order valence-corrected chi connectivity index (χ3v) is 3.10. The van der Waals surface area contributed by atoms with Crippen molar-refractivity contribution in [2.45, 2.75) is 19.9 Å². The van der Waals surface area contributed by atoms with Crippen LogP contribution in [-0.2, 0) is 20.0 Å². The number of nitrogen functional groups attached to an aromatic ring is 1. The van der Waals surface area contributed by atoms with Crippen LogP contribution in [0.5, 0.6) is 0 Å². The number of imidazole rings is 1. The predicted molar refractivity (Wildman–Crippen MR) is 71.4 cm³/mol. The molecule has 7 nitrogen and oxygen atoms in total. The van der Waals surface area contributed by atoms with Gasteiger partial charge in [-0.15, -0.1) is 0 Å².